The van der Waals surface area contributed by atoms with Crippen molar-refractivity contribution in [2.24, 2.45) is 0 Å². The molecule has 0 fully saturated rings. The van der Waals surface area contributed by atoms with E-state index in [1.807, 2.05) is 21.1 Å². The fourth-order valence-electron chi connectivity index (χ4n) is 10.7. The number of carbonyl (C=O) groups excluding carboxylic acids is 3. The van der Waals surface area contributed by atoms with Crippen LogP contribution in [0.2, 0.25) is 0 Å². The van der Waals surface area contributed by atoms with Gasteiger partial charge in [-0.2, -0.15) is 0 Å². The minimum Gasteiger partial charge on any atom is -0.545 e. The van der Waals surface area contributed by atoms with E-state index in [2.05, 4.69) is 38.2 Å². The van der Waals surface area contributed by atoms with E-state index in [1.165, 1.54) is 289 Å². The lowest BCUT2D eigenvalue weighted by Crippen LogP contribution is -2.44. The molecule has 0 radical (unpaired) electrons. The van der Waals surface area contributed by atoms with Gasteiger partial charge in [0, 0.05) is 12.8 Å². The molecule has 9 nitrogen and oxygen atoms in total. The Morgan fingerprint density at radius 1 is 0.370 bits per heavy atom. The summed E-state index contributed by atoms with van der Waals surface area (Å²) in [6.07, 6.45) is 75.7. The van der Waals surface area contributed by atoms with Crippen LogP contribution in [0.4, 0.5) is 0 Å². The van der Waals surface area contributed by atoms with Crippen LogP contribution in [0.15, 0.2) is 24.3 Å². The third kappa shape index (κ3) is 65.2. The number of carbonyl (C=O) groups is 3. The van der Waals surface area contributed by atoms with E-state index in [9.17, 15) is 19.5 Å². The van der Waals surface area contributed by atoms with Gasteiger partial charge in [-0.05, 0) is 44.9 Å². The van der Waals surface area contributed by atoms with Crippen molar-refractivity contribution in [1.82, 2.24) is 0 Å². The van der Waals surface area contributed by atoms with Crippen molar-refractivity contribution in [1.29, 1.82) is 0 Å². The van der Waals surface area contributed by atoms with Gasteiger partial charge in [0.1, 0.15) is 13.2 Å². The van der Waals surface area contributed by atoms with Gasteiger partial charge in [-0.3, -0.25) is 9.59 Å². The summed E-state index contributed by atoms with van der Waals surface area (Å²) in [6.45, 7) is 4.81. The van der Waals surface area contributed by atoms with E-state index < -0.39 is 24.3 Å². The second-order valence-corrected chi connectivity index (χ2v) is 25.5. The minimum atomic E-state index is -1.62. The number of hydrogen-bond acceptors (Lipinski definition) is 8. The summed E-state index contributed by atoms with van der Waals surface area (Å²) >= 11 is 0. The van der Waals surface area contributed by atoms with Crippen molar-refractivity contribution in [3.05, 3.63) is 24.3 Å². The lowest BCUT2D eigenvalue weighted by molar-refractivity contribution is -0.870. The number of esters is 2. The van der Waals surface area contributed by atoms with Crippen LogP contribution in [0.1, 0.15) is 361 Å². The summed E-state index contributed by atoms with van der Waals surface area (Å²) in [7, 11) is 5.94. The van der Waals surface area contributed by atoms with Crippen molar-refractivity contribution in [3.63, 3.8) is 0 Å². The van der Waals surface area contributed by atoms with E-state index >= 15 is 0 Å². The van der Waals surface area contributed by atoms with E-state index in [1.54, 1.807) is 0 Å². The van der Waals surface area contributed by atoms with Gasteiger partial charge < -0.3 is 33.3 Å². The van der Waals surface area contributed by atoms with Gasteiger partial charge in [0.05, 0.1) is 40.3 Å². The third-order valence-corrected chi connectivity index (χ3v) is 16.2. The number of carboxylic acids is 1. The number of ether oxygens (including phenoxy) is 4. The van der Waals surface area contributed by atoms with Crippen molar-refractivity contribution in [3.8, 4) is 0 Å². The van der Waals surface area contributed by atoms with Crippen LogP contribution in [-0.2, 0) is 33.3 Å². The lowest BCUT2D eigenvalue weighted by atomic mass is 10.0. The van der Waals surface area contributed by atoms with Gasteiger partial charge in [0.15, 0.2) is 12.4 Å². The molecule has 0 aliphatic rings. The molecule has 0 heterocycles. The molecule has 0 aromatic heterocycles. The normalized spacial score (nSPS) is 12.8. The van der Waals surface area contributed by atoms with E-state index in [4.69, 9.17) is 18.9 Å². The van der Waals surface area contributed by atoms with Gasteiger partial charge in [0.2, 0.25) is 0 Å². The van der Waals surface area contributed by atoms with Crippen LogP contribution in [0.25, 0.3) is 0 Å². The molecule has 0 aromatic carbocycles. The zero-order chi connectivity index (χ0) is 59.1. The highest BCUT2D eigenvalue weighted by Gasteiger charge is 2.22. The second-order valence-electron chi connectivity index (χ2n) is 25.5. The van der Waals surface area contributed by atoms with E-state index in [0.29, 0.717) is 17.4 Å². The number of allylic oxidation sites excluding steroid dienone is 4. The Bertz CT molecular complexity index is 1380. The highest BCUT2D eigenvalue weighted by molar-refractivity contribution is 5.70. The second kappa shape index (κ2) is 63.8. The van der Waals surface area contributed by atoms with Crippen LogP contribution < -0.4 is 5.11 Å². The Morgan fingerprint density at radius 2 is 0.667 bits per heavy atom. The number of aliphatic carboxylic acids is 1. The maximum absolute atomic E-state index is 12.9. The van der Waals surface area contributed by atoms with Gasteiger partial charge in [-0.25, -0.2) is 0 Å². The standard InChI is InChI=1S/C72H137NO8/c1-6-8-10-12-14-16-18-20-22-24-25-26-27-28-29-30-31-32-33-34-35-36-37-38-39-40-41-42-43-44-45-47-49-51-53-55-57-59-61-63-70(75)81-68(67-80-72(71(76)77)78-65-64-73(3,4)5)66-79-69(74)62-60-58-56-54-52-50-48-46-23-21-19-17-15-13-11-9-7-2/h18,20,24-25,68,72H,6-17,19,21-23,26-67H2,1-5H3/b20-18-,25-24-. The summed E-state index contributed by atoms with van der Waals surface area (Å²) in [5, 5.41) is 11.8. The smallest absolute Gasteiger partial charge is 0.306 e. The number of quaternary nitrogens is 1. The number of carboxylic acid groups (broad SMARTS) is 1. The first-order valence-electron chi connectivity index (χ1n) is 35.5. The Kier molecular flexibility index (Phi) is 62.0. The maximum Gasteiger partial charge on any atom is 0.306 e. The first-order chi connectivity index (χ1) is 39.6. The molecule has 0 saturated heterocycles. The molecule has 2 unspecified atom stereocenters. The third-order valence-electron chi connectivity index (χ3n) is 16.2. The predicted molar refractivity (Wildman–Crippen MR) is 343 cm³/mol. The number of rotatable bonds is 67. The van der Waals surface area contributed by atoms with Crippen molar-refractivity contribution < 1.29 is 42.9 Å². The Morgan fingerprint density at radius 3 is 0.975 bits per heavy atom. The molecule has 0 saturated carbocycles. The zero-order valence-electron chi connectivity index (χ0n) is 54.7. The number of nitrogens with zero attached hydrogens (tertiary/aromatic N) is 1. The fraction of sp³-hybridized carbons (Fsp3) is 0.903. The van der Waals surface area contributed by atoms with E-state index in [0.717, 1.165) is 44.9 Å². The first-order valence-corrected chi connectivity index (χ1v) is 35.5. The largest absolute Gasteiger partial charge is 0.545 e. The predicted octanol–water partition coefficient (Wildman–Crippen LogP) is 20.5. The Balaban J connectivity index is 3.93. The Labute approximate surface area is 503 Å². The molecule has 0 aliphatic heterocycles. The van der Waals surface area contributed by atoms with Crippen molar-refractivity contribution in [2.75, 3.05) is 47.5 Å². The maximum atomic E-state index is 12.9. The molecule has 478 valence electrons. The highest BCUT2D eigenvalue weighted by atomic mass is 16.7. The van der Waals surface area contributed by atoms with Gasteiger partial charge >= 0.3 is 11.9 Å². The molecule has 2 atom stereocenters. The molecule has 9 heteroatoms. The molecule has 0 N–H and O–H groups in total. The van der Waals surface area contributed by atoms with Crippen LogP contribution in [-0.4, -0.2) is 82.3 Å². The minimum absolute atomic E-state index is 0.152. The fourth-order valence-corrected chi connectivity index (χ4v) is 10.7. The molecule has 81 heavy (non-hydrogen) atoms. The molecule has 0 rings (SSSR count). The SMILES string of the molecule is CCCCCCC/C=C\C/C=C\CCCCCCCCCCCCCCCCCCCCCCCCCCCCCC(=O)OC(COC(=O)CCCCCCCCCCCCCCCCCCC)COC(OCC[N+](C)(C)C)C(=O)[O-]. The van der Waals surface area contributed by atoms with Crippen molar-refractivity contribution in [2.45, 2.75) is 373 Å². The van der Waals surface area contributed by atoms with Crippen LogP contribution >= 0.6 is 0 Å². The molecule has 0 amide bonds. The van der Waals surface area contributed by atoms with Crippen LogP contribution in [0.5, 0.6) is 0 Å². The monoisotopic (exact) mass is 1140 g/mol. The molecule has 0 aliphatic carbocycles. The summed E-state index contributed by atoms with van der Waals surface area (Å²) in [5.41, 5.74) is 0. The van der Waals surface area contributed by atoms with Gasteiger partial charge in [-0.1, -0.05) is 327 Å². The summed E-state index contributed by atoms with van der Waals surface area (Å²) in [4.78, 5) is 37.4. The first kappa shape index (κ1) is 78.8. The number of unbranched alkanes of at least 4 members (excludes halogenated alkanes) is 48. The topological polar surface area (TPSA) is 111 Å². The van der Waals surface area contributed by atoms with E-state index in [-0.39, 0.29) is 32.2 Å². The molecule has 0 bridgehead atoms. The highest BCUT2D eigenvalue weighted by Crippen LogP contribution is 2.19. The van der Waals surface area contributed by atoms with Crippen LogP contribution in [0, 0.1) is 0 Å². The van der Waals surface area contributed by atoms with Crippen molar-refractivity contribution >= 4 is 17.9 Å². The summed E-state index contributed by atoms with van der Waals surface area (Å²) in [6, 6.07) is 0. The quantitative estimate of drug-likeness (QED) is 0.0195. The summed E-state index contributed by atoms with van der Waals surface area (Å²) < 4.78 is 22.8. The Hall–Kier alpha value is -2.23. The average Bonchev–Trinajstić information content (AvgIpc) is 3.44. The zero-order valence-corrected chi connectivity index (χ0v) is 54.7. The summed E-state index contributed by atoms with van der Waals surface area (Å²) in [5.74, 6) is -2.25. The number of hydrogen-bond donors (Lipinski definition) is 0. The molecular formula is C72H137NO8. The number of likely N-dealkylation sites (N-methyl/N-ethyl adjacent to an activating group) is 1. The average molecular weight is 1140 g/mol. The van der Waals surface area contributed by atoms with Gasteiger partial charge in [-0.15, -0.1) is 0 Å². The molecular weight excluding hydrogens is 1010 g/mol. The van der Waals surface area contributed by atoms with Crippen LogP contribution in [0.3, 0.4) is 0 Å². The van der Waals surface area contributed by atoms with Gasteiger partial charge in [0.25, 0.3) is 0 Å². The molecule has 0 spiro atoms. The lowest BCUT2D eigenvalue weighted by Gasteiger charge is -2.26. The molecule has 0 aromatic rings.